The maximum atomic E-state index is 11.0. The Labute approximate surface area is 90.8 Å². The largest absolute Gasteiger partial charge is 0.462 e. The Morgan fingerprint density at radius 3 is 2.47 bits per heavy atom. The van der Waals surface area contributed by atoms with Crippen LogP contribution in [0.5, 0.6) is 0 Å². The SMILES string of the molecule is CC(=O)O[C@H]1CC[C@H](O)[C@H]2CCCC[C@@H]21. The predicted molar refractivity (Wildman–Crippen MR) is 56.2 cm³/mol. The molecule has 0 bridgehead atoms. The molecule has 0 amide bonds. The fourth-order valence-electron chi connectivity index (χ4n) is 3.25. The van der Waals surface area contributed by atoms with Crippen molar-refractivity contribution in [1.29, 1.82) is 0 Å². The van der Waals surface area contributed by atoms with Gasteiger partial charge in [-0.3, -0.25) is 4.79 Å². The van der Waals surface area contributed by atoms with Gasteiger partial charge in [0.15, 0.2) is 0 Å². The second-order valence-electron chi connectivity index (χ2n) is 4.90. The lowest BCUT2D eigenvalue weighted by Gasteiger charge is -2.43. The number of carbonyl (C=O) groups excluding carboxylic acids is 1. The topological polar surface area (TPSA) is 46.5 Å². The molecule has 3 heteroatoms. The third-order valence-corrected chi connectivity index (χ3v) is 3.91. The number of aliphatic hydroxyl groups excluding tert-OH is 1. The van der Waals surface area contributed by atoms with E-state index in [0.29, 0.717) is 11.8 Å². The lowest BCUT2D eigenvalue weighted by Crippen LogP contribution is -2.44. The average Bonchev–Trinajstić information content (AvgIpc) is 2.22. The van der Waals surface area contributed by atoms with Crippen LogP contribution < -0.4 is 0 Å². The molecule has 15 heavy (non-hydrogen) atoms. The zero-order valence-electron chi connectivity index (χ0n) is 9.32. The summed E-state index contributed by atoms with van der Waals surface area (Å²) >= 11 is 0. The van der Waals surface area contributed by atoms with Gasteiger partial charge in [-0.25, -0.2) is 0 Å². The van der Waals surface area contributed by atoms with E-state index in [2.05, 4.69) is 0 Å². The van der Waals surface area contributed by atoms with E-state index >= 15 is 0 Å². The van der Waals surface area contributed by atoms with Gasteiger partial charge in [0.1, 0.15) is 6.10 Å². The van der Waals surface area contributed by atoms with Crippen LogP contribution in [-0.2, 0) is 9.53 Å². The highest BCUT2D eigenvalue weighted by molar-refractivity contribution is 5.66. The minimum atomic E-state index is -0.180. The molecule has 0 spiro atoms. The van der Waals surface area contributed by atoms with Crippen molar-refractivity contribution < 1.29 is 14.6 Å². The summed E-state index contributed by atoms with van der Waals surface area (Å²) < 4.78 is 5.36. The first kappa shape index (κ1) is 10.9. The van der Waals surface area contributed by atoms with E-state index in [1.807, 2.05) is 0 Å². The molecule has 2 rings (SSSR count). The number of rotatable bonds is 1. The highest BCUT2D eigenvalue weighted by Gasteiger charge is 2.41. The normalized spacial score (nSPS) is 40.7. The molecular weight excluding hydrogens is 192 g/mol. The Hall–Kier alpha value is -0.570. The molecule has 0 unspecified atom stereocenters. The summed E-state index contributed by atoms with van der Waals surface area (Å²) in [5.41, 5.74) is 0. The van der Waals surface area contributed by atoms with Crippen LogP contribution in [0, 0.1) is 11.8 Å². The van der Waals surface area contributed by atoms with Crippen LogP contribution in [0.4, 0.5) is 0 Å². The van der Waals surface area contributed by atoms with Crippen LogP contribution >= 0.6 is 0 Å². The van der Waals surface area contributed by atoms with Gasteiger partial charge >= 0.3 is 5.97 Å². The maximum Gasteiger partial charge on any atom is 0.302 e. The molecule has 0 radical (unpaired) electrons. The number of fused-ring (bicyclic) bond motifs is 1. The highest BCUT2D eigenvalue weighted by Crippen LogP contribution is 2.41. The quantitative estimate of drug-likeness (QED) is 0.675. The summed E-state index contributed by atoms with van der Waals surface area (Å²) in [6, 6.07) is 0. The molecule has 0 heterocycles. The minimum absolute atomic E-state index is 0.0659. The summed E-state index contributed by atoms with van der Waals surface area (Å²) in [6.07, 6.45) is 6.17. The number of hydrogen-bond acceptors (Lipinski definition) is 3. The van der Waals surface area contributed by atoms with E-state index in [0.717, 1.165) is 25.7 Å². The Balaban J connectivity index is 2.03. The first-order valence-electron chi connectivity index (χ1n) is 6.04. The van der Waals surface area contributed by atoms with Crippen LogP contribution in [0.25, 0.3) is 0 Å². The number of ether oxygens (including phenoxy) is 1. The van der Waals surface area contributed by atoms with Crippen LogP contribution in [-0.4, -0.2) is 23.3 Å². The molecular formula is C12H20O3. The van der Waals surface area contributed by atoms with Gasteiger partial charge in [0.25, 0.3) is 0 Å². The standard InChI is InChI=1S/C12H20O3/c1-8(13)15-12-7-6-11(14)9-4-2-3-5-10(9)12/h9-12,14H,2-7H2,1H3/t9-,10-,11-,12-/m0/s1. The highest BCUT2D eigenvalue weighted by atomic mass is 16.5. The van der Waals surface area contributed by atoms with Gasteiger partial charge in [-0.15, -0.1) is 0 Å². The molecule has 0 aliphatic heterocycles. The Kier molecular flexibility index (Phi) is 3.29. The van der Waals surface area contributed by atoms with Gasteiger partial charge in [0.2, 0.25) is 0 Å². The molecule has 2 aliphatic carbocycles. The fourth-order valence-corrected chi connectivity index (χ4v) is 3.25. The molecule has 2 fully saturated rings. The molecule has 86 valence electrons. The van der Waals surface area contributed by atoms with Crippen molar-refractivity contribution in [1.82, 2.24) is 0 Å². The van der Waals surface area contributed by atoms with E-state index in [4.69, 9.17) is 4.74 Å². The zero-order valence-corrected chi connectivity index (χ0v) is 9.32. The molecule has 0 aromatic rings. The van der Waals surface area contributed by atoms with E-state index in [1.54, 1.807) is 0 Å². The van der Waals surface area contributed by atoms with Crippen molar-refractivity contribution in [3.05, 3.63) is 0 Å². The van der Waals surface area contributed by atoms with Gasteiger partial charge in [-0.1, -0.05) is 12.8 Å². The first-order valence-corrected chi connectivity index (χ1v) is 6.04. The van der Waals surface area contributed by atoms with Crippen molar-refractivity contribution in [3.8, 4) is 0 Å². The predicted octanol–water partition coefficient (Wildman–Crippen LogP) is 1.88. The summed E-state index contributed by atoms with van der Waals surface area (Å²) in [5, 5.41) is 9.92. The summed E-state index contributed by atoms with van der Waals surface area (Å²) in [4.78, 5) is 11.0. The van der Waals surface area contributed by atoms with Crippen molar-refractivity contribution in [3.63, 3.8) is 0 Å². The molecule has 0 aromatic heterocycles. The number of carbonyl (C=O) groups is 1. The third-order valence-electron chi connectivity index (χ3n) is 3.91. The molecule has 1 N–H and O–H groups in total. The van der Waals surface area contributed by atoms with E-state index in [1.165, 1.54) is 19.8 Å². The van der Waals surface area contributed by atoms with Gasteiger partial charge < -0.3 is 9.84 Å². The number of aliphatic hydroxyl groups is 1. The van der Waals surface area contributed by atoms with Gasteiger partial charge in [0.05, 0.1) is 6.10 Å². The van der Waals surface area contributed by atoms with Crippen LogP contribution in [0.2, 0.25) is 0 Å². The summed E-state index contributed by atoms with van der Waals surface area (Å²) in [5.74, 6) is 0.601. The Morgan fingerprint density at radius 1 is 1.13 bits per heavy atom. The van der Waals surface area contributed by atoms with Crippen LogP contribution in [0.1, 0.15) is 45.4 Å². The molecule has 2 saturated carbocycles. The zero-order chi connectivity index (χ0) is 10.8. The lowest BCUT2D eigenvalue weighted by atomic mass is 9.68. The van der Waals surface area contributed by atoms with Gasteiger partial charge in [-0.05, 0) is 31.6 Å². The van der Waals surface area contributed by atoms with E-state index in [-0.39, 0.29) is 18.2 Å². The van der Waals surface area contributed by atoms with Crippen molar-refractivity contribution in [2.45, 2.75) is 57.7 Å². The van der Waals surface area contributed by atoms with Crippen LogP contribution in [0.15, 0.2) is 0 Å². The first-order chi connectivity index (χ1) is 7.18. The Bertz CT molecular complexity index is 239. The molecule has 4 atom stereocenters. The second kappa shape index (κ2) is 4.52. The smallest absolute Gasteiger partial charge is 0.302 e. The van der Waals surface area contributed by atoms with E-state index in [9.17, 15) is 9.90 Å². The van der Waals surface area contributed by atoms with Gasteiger partial charge in [0, 0.05) is 12.8 Å². The molecule has 2 aliphatic rings. The van der Waals surface area contributed by atoms with Gasteiger partial charge in [-0.2, -0.15) is 0 Å². The van der Waals surface area contributed by atoms with Crippen molar-refractivity contribution in [2.75, 3.05) is 0 Å². The number of hydrogen-bond donors (Lipinski definition) is 1. The van der Waals surface area contributed by atoms with E-state index < -0.39 is 0 Å². The molecule has 0 aromatic carbocycles. The summed E-state index contributed by atoms with van der Waals surface area (Å²) in [7, 11) is 0. The lowest BCUT2D eigenvalue weighted by molar-refractivity contribution is -0.158. The third kappa shape index (κ3) is 2.33. The Morgan fingerprint density at radius 2 is 1.80 bits per heavy atom. The maximum absolute atomic E-state index is 11.0. The van der Waals surface area contributed by atoms with Crippen molar-refractivity contribution in [2.24, 2.45) is 11.8 Å². The molecule has 3 nitrogen and oxygen atoms in total. The molecule has 0 saturated heterocycles. The minimum Gasteiger partial charge on any atom is -0.462 e. The monoisotopic (exact) mass is 212 g/mol. The number of esters is 1. The average molecular weight is 212 g/mol. The second-order valence-corrected chi connectivity index (χ2v) is 4.90. The summed E-state index contributed by atoms with van der Waals surface area (Å²) in [6.45, 7) is 1.48. The van der Waals surface area contributed by atoms with Crippen molar-refractivity contribution >= 4 is 5.97 Å². The van der Waals surface area contributed by atoms with Crippen LogP contribution in [0.3, 0.4) is 0 Å². The fraction of sp³-hybridized carbons (Fsp3) is 0.917.